The van der Waals surface area contributed by atoms with Gasteiger partial charge in [-0.3, -0.25) is 0 Å². The average molecular weight is 260 g/mol. The Bertz CT molecular complexity index is 465. The molecule has 0 bridgehead atoms. The van der Waals surface area contributed by atoms with E-state index in [9.17, 15) is 0 Å². The number of hydrogen-bond acceptors (Lipinski definition) is 4. The fraction of sp³-hybridized carbons (Fsp3) is 0.733. The van der Waals surface area contributed by atoms with E-state index in [0.29, 0.717) is 23.2 Å². The zero-order valence-electron chi connectivity index (χ0n) is 11.9. The number of aromatic nitrogens is 2. The summed E-state index contributed by atoms with van der Waals surface area (Å²) in [5.41, 5.74) is 6.24. The molecular formula is C15H24N4. The maximum absolute atomic E-state index is 5.91. The summed E-state index contributed by atoms with van der Waals surface area (Å²) in [6.07, 6.45) is 7.55. The standard InChI is InChI=1S/C15H24N4/c1-15(2)8-4-3-5-11(15)17-13-9-12(16)18-14(19-13)10-6-7-10/h9-11H,3-8H2,1-2H3,(H3,16,17,18,19). The van der Waals surface area contributed by atoms with E-state index in [1.165, 1.54) is 38.5 Å². The first-order valence-corrected chi connectivity index (χ1v) is 7.45. The zero-order valence-corrected chi connectivity index (χ0v) is 11.9. The van der Waals surface area contributed by atoms with Crippen molar-refractivity contribution in [1.82, 2.24) is 9.97 Å². The largest absolute Gasteiger partial charge is 0.384 e. The second-order valence-corrected chi connectivity index (χ2v) is 6.74. The molecule has 0 saturated heterocycles. The zero-order chi connectivity index (χ0) is 13.5. The van der Waals surface area contributed by atoms with E-state index >= 15 is 0 Å². The van der Waals surface area contributed by atoms with Crippen molar-refractivity contribution in [2.24, 2.45) is 5.41 Å². The number of nitrogens with zero attached hydrogens (tertiary/aromatic N) is 2. The molecule has 2 saturated carbocycles. The lowest BCUT2D eigenvalue weighted by Gasteiger charge is -2.39. The highest BCUT2D eigenvalue weighted by Crippen LogP contribution is 2.40. The molecule has 2 fully saturated rings. The molecule has 1 aromatic rings. The van der Waals surface area contributed by atoms with Gasteiger partial charge in [-0.1, -0.05) is 26.7 Å². The van der Waals surface area contributed by atoms with E-state index < -0.39 is 0 Å². The predicted molar refractivity (Wildman–Crippen MR) is 78.1 cm³/mol. The minimum Gasteiger partial charge on any atom is -0.384 e. The van der Waals surface area contributed by atoms with Crippen LogP contribution in [-0.2, 0) is 0 Å². The van der Waals surface area contributed by atoms with Crippen molar-refractivity contribution in [3.63, 3.8) is 0 Å². The number of nitrogens with two attached hydrogens (primary N) is 1. The van der Waals surface area contributed by atoms with Gasteiger partial charge in [-0.2, -0.15) is 0 Å². The molecule has 0 aromatic carbocycles. The van der Waals surface area contributed by atoms with Gasteiger partial charge in [0.2, 0.25) is 0 Å². The van der Waals surface area contributed by atoms with E-state index in [2.05, 4.69) is 29.1 Å². The van der Waals surface area contributed by atoms with E-state index in [1.807, 2.05) is 6.07 Å². The molecule has 1 atom stereocenters. The van der Waals surface area contributed by atoms with Crippen LogP contribution in [-0.4, -0.2) is 16.0 Å². The molecule has 104 valence electrons. The summed E-state index contributed by atoms with van der Waals surface area (Å²) in [6.45, 7) is 4.69. The van der Waals surface area contributed by atoms with Crippen LogP contribution in [0.3, 0.4) is 0 Å². The first-order chi connectivity index (χ1) is 9.04. The van der Waals surface area contributed by atoms with Crippen molar-refractivity contribution in [2.45, 2.75) is 64.3 Å². The minimum absolute atomic E-state index is 0.331. The van der Waals surface area contributed by atoms with Gasteiger partial charge >= 0.3 is 0 Å². The monoisotopic (exact) mass is 260 g/mol. The summed E-state index contributed by atoms with van der Waals surface area (Å²) in [5, 5.41) is 3.60. The van der Waals surface area contributed by atoms with Gasteiger partial charge in [-0.25, -0.2) is 9.97 Å². The third-order valence-corrected chi connectivity index (χ3v) is 4.54. The predicted octanol–water partition coefficient (Wildman–Crippen LogP) is 3.32. The third-order valence-electron chi connectivity index (χ3n) is 4.54. The average Bonchev–Trinajstić information content (AvgIpc) is 3.15. The van der Waals surface area contributed by atoms with E-state index in [0.717, 1.165) is 11.6 Å². The lowest BCUT2D eigenvalue weighted by molar-refractivity contribution is 0.216. The third kappa shape index (κ3) is 2.82. The van der Waals surface area contributed by atoms with Gasteiger partial charge < -0.3 is 11.1 Å². The highest BCUT2D eigenvalue weighted by molar-refractivity contribution is 5.46. The van der Waals surface area contributed by atoms with Crippen LogP contribution in [0.15, 0.2) is 6.07 Å². The van der Waals surface area contributed by atoms with Gasteiger partial charge in [-0.15, -0.1) is 0 Å². The molecule has 4 nitrogen and oxygen atoms in total. The summed E-state index contributed by atoms with van der Waals surface area (Å²) in [5.74, 6) is 2.97. The SMILES string of the molecule is CC1(C)CCCCC1Nc1cc(N)nc(C2CC2)n1. The summed E-state index contributed by atoms with van der Waals surface area (Å²) < 4.78 is 0. The number of anilines is 2. The normalized spacial score (nSPS) is 26.1. The Labute approximate surface area is 115 Å². The lowest BCUT2D eigenvalue weighted by Crippen LogP contribution is -2.39. The number of hydrogen-bond donors (Lipinski definition) is 2. The molecule has 2 aliphatic carbocycles. The fourth-order valence-electron chi connectivity index (χ4n) is 3.02. The molecule has 19 heavy (non-hydrogen) atoms. The molecule has 1 heterocycles. The topological polar surface area (TPSA) is 63.8 Å². The van der Waals surface area contributed by atoms with Crippen molar-refractivity contribution in [3.8, 4) is 0 Å². The van der Waals surface area contributed by atoms with Crippen LogP contribution in [0, 0.1) is 5.41 Å². The fourth-order valence-corrected chi connectivity index (χ4v) is 3.02. The molecular weight excluding hydrogens is 236 g/mol. The maximum atomic E-state index is 5.91. The van der Waals surface area contributed by atoms with Crippen LogP contribution in [0.25, 0.3) is 0 Å². The van der Waals surface area contributed by atoms with E-state index in [-0.39, 0.29) is 0 Å². The molecule has 3 N–H and O–H groups in total. The molecule has 0 spiro atoms. The Morgan fingerprint density at radius 3 is 2.68 bits per heavy atom. The van der Waals surface area contributed by atoms with Crippen molar-refractivity contribution in [3.05, 3.63) is 11.9 Å². The molecule has 0 aliphatic heterocycles. The molecule has 0 amide bonds. The summed E-state index contributed by atoms with van der Waals surface area (Å²) in [4.78, 5) is 9.00. The Morgan fingerprint density at radius 2 is 2.00 bits per heavy atom. The molecule has 2 aliphatic rings. The Morgan fingerprint density at radius 1 is 1.21 bits per heavy atom. The van der Waals surface area contributed by atoms with Crippen LogP contribution in [0.5, 0.6) is 0 Å². The molecule has 3 rings (SSSR count). The number of rotatable bonds is 3. The van der Waals surface area contributed by atoms with Gasteiger partial charge in [0.05, 0.1) is 0 Å². The first-order valence-electron chi connectivity index (χ1n) is 7.45. The second kappa shape index (κ2) is 4.66. The Hall–Kier alpha value is -1.32. The highest BCUT2D eigenvalue weighted by atomic mass is 15.1. The van der Waals surface area contributed by atoms with Crippen molar-refractivity contribution < 1.29 is 0 Å². The van der Waals surface area contributed by atoms with E-state index in [1.54, 1.807) is 0 Å². The van der Waals surface area contributed by atoms with E-state index in [4.69, 9.17) is 5.73 Å². The van der Waals surface area contributed by atoms with Gasteiger partial charge in [0.1, 0.15) is 17.5 Å². The quantitative estimate of drug-likeness (QED) is 0.875. The molecule has 1 aromatic heterocycles. The summed E-state index contributed by atoms with van der Waals surface area (Å²) in [6, 6.07) is 2.36. The minimum atomic E-state index is 0.331. The van der Waals surface area contributed by atoms with Gasteiger partial charge in [0.25, 0.3) is 0 Å². The van der Waals surface area contributed by atoms with Crippen LogP contribution in [0.2, 0.25) is 0 Å². The summed E-state index contributed by atoms with van der Waals surface area (Å²) >= 11 is 0. The van der Waals surface area contributed by atoms with Gasteiger partial charge in [0, 0.05) is 18.0 Å². The van der Waals surface area contributed by atoms with Gasteiger partial charge in [-0.05, 0) is 31.1 Å². The maximum Gasteiger partial charge on any atom is 0.136 e. The summed E-state index contributed by atoms with van der Waals surface area (Å²) in [7, 11) is 0. The molecule has 1 unspecified atom stereocenters. The van der Waals surface area contributed by atoms with Crippen molar-refractivity contribution in [1.29, 1.82) is 0 Å². The van der Waals surface area contributed by atoms with Crippen LogP contribution < -0.4 is 11.1 Å². The van der Waals surface area contributed by atoms with Gasteiger partial charge in [0.15, 0.2) is 0 Å². The van der Waals surface area contributed by atoms with Crippen LogP contribution in [0.1, 0.15) is 64.1 Å². The Kier molecular flexibility index (Phi) is 3.11. The second-order valence-electron chi connectivity index (χ2n) is 6.74. The molecule has 4 heteroatoms. The number of nitrogens with one attached hydrogen (secondary N) is 1. The van der Waals surface area contributed by atoms with Crippen molar-refractivity contribution >= 4 is 11.6 Å². The lowest BCUT2D eigenvalue weighted by atomic mass is 9.73. The smallest absolute Gasteiger partial charge is 0.136 e. The van der Waals surface area contributed by atoms with Crippen molar-refractivity contribution in [2.75, 3.05) is 11.1 Å². The molecule has 0 radical (unpaired) electrons. The first kappa shape index (κ1) is 12.7. The van der Waals surface area contributed by atoms with Crippen LogP contribution >= 0.6 is 0 Å². The highest BCUT2D eigenvalue weighted by Gasteiger charge is 2.33. The Balaban J connectivity index is 1.78. The van der Waals surface area contributed by atoms with Crippen LogP contribution in [0.4, 0.5) is 11.6 Å². The number of nitrogen functional groups attached to an aromatic ring is 1.